The summed E-state index contributed by atoms with van der Waals surface area (Å²) in [5.74, 6) is 1.13. The molecule has 2 aromatic rings. The molecule has 0 aliphatic rings. The molecule has 0 fully saturated rings. The van der Waals surface area contributed by atoms with Crippen molar-refractivity contribution in [3.05, 3.63) is 54.1 Å². The van der Waals surface area contributed by atoms with E-state index in [1.807, 2.05) is 30.3 Å². The smallest absolute Gasteiger partial charge is 0.251 e. The SMILES string of the molecule is CCCCNC(=O)c1cccc(NCC(=O)Nc2ccc(OCCC(C)C)cc2)c1. The first-order valence-corrected chi connectivity index (χ1v) is 10.6. The van der Waals surface area contributed by atoms with E-state index < -0.39 is 0 Å². The van der Waals surface area contributed by atoms with Crippen LogP contribution in [0.15, 0.2) is 48.5 Å². The van der Waals surface area contributed by atoms with Crippen LogP contribution >= 0.6 is 0 Å². The molecule has 6 nitrogen and oxygen atoms in total. The van der Waals surface area contributed by atoms with Crippen molar-refractivity contribution in [2.75, 3.05) is 30.3 Å². The van der Waals surface area contributed by atoms with Crippen molar-refractivity contribution < 1.29 is 14.3 Å². The highest BCUT2D eigenvalue weighted by Gasteiger charge is 2.07. The summed E-state index contributed by atoms with van der Waals surface area (Å²) in [5, 5.41) is 8.80. The van der Waals surface area contributed by atoms with Crippen molar-refractivity contribution >= 4 is 23.2 Å². The van der Waals surface area contributed by atoms with Crippen LogP contribution in [0.5, 0.6) is 5.75 Å². The maximum absolute atomic E-state index is 12.2. The first kappa shape index (κ1) is 23.3. The standard InChI is InChI=1S/C24H33N3O3/c1-4-5-14-25-24(29)19-7-6-8-21(16-19)26-17-23(28)27-20-9-11-22(12-10-20)30-15-13-18(2)3/h6-12,16,18,26H,4-5,13-15,17H2,1-3H3,(H,25,29)(H,27,28). The third-order valence-electron chi connectivity index (χ3n) is 4.50. The molecular weight excluding hydrogens is 378 g/mol. The predicted octanol–water partition coefficient (Wildman–Crippen LogP) is 4.69. The number of amides is 2. The van der Waals surface area contributed by atoms with Gasteiger partial charge in [-0.25, -0.2) is 0 Å². The highest BCUT2D eigenvalue weighted by molar-refractivity contribution is 5.96. The average molecular weight is 412 g/mol. The molecule has 2 aromatic carbocycles. The Bertz CT molecular complexity index is 804. The van der Waals surface area contributed by atoms with Crippen LogP contribution < -0.4 is 20.7 Å². The van der Waals surface area contributed by atoms with Gasteiger partial charge < -0.3 is 20.7 Å². The van der Waals surface area contributed by atoms with Gasteiger partial charge in [-0.15, -0.1) is 0 Å². The number of benzene rings is 2. The lowest BCUT2D eigenvalue weighted by molar-refractivity contribution is -0.114. The zero-order valence-electron chi connectivity index (χ0n) is 18.2. The highest BCUT2D eigenvalue weighted by atomic mass is 16.5. The highest BCUT2D eigenvalue weighted by Crippen LogP contribution is 2.17. The number of carbonyl (C=O) groups excluding carboxylic acids is 2. The van der Waals surface area contributed by atoms with Crippen molar-refractivity contribution in [1.82, 2.24) is 5.32 Å². The second kappa shape index (κ2) is 12.5. The van der Waals surface area contributed by atoms with E-state index in [0.29, 0.717) is 30.3 Å². The Morgan fingerprint density at radius 2 is 1.80 bits per heavy atom. The monoisotopic (exact) mass is 411 g/mol. The van der Waals surface area contributed by atoms with E-state index in [9.17, 15) is 9.59 Å². The first-order valence-electron chi connectivity index (χ1n) is 10.6. The number of carbonyl (C=O) groups is 2. The van der Waals surface area contributed by atoms with Crippen molar-refractivity contribution in [2.45, 2.75) is 40.0 Å². The average Bonchev–Trinajstić information content (AvgIpc) is 2.73. The van der Waals surface area contributed by atoms with Gasteiger partial charge in [0.2, 0.25) is 5.91 Å². The van der Waals surface area contributed by atoms with Gasteiger partial charge in [0, 0.05) is 23.5 Å². The van der Waals surface area contributed by atoms with E-state index in [1.54, 1.807) is 18.2 Å². The van der Waals surface area contributed by atoms with E-state index in [4.69, 9.17) is 4.74 Å². The van der Waals surface area contributed by atoms with E-state index in [1.165, 1.54) is 0 Å². The molecule has 2 amide bonds. The van der Waals surface area contributed by atoms with E-state index in [-0.39, 0.29) is 18.4 Å². The number of hydrogen-bond donors (Lipinski definition) is 3. The fraction of sp³-hybridized carbons (Fsp3) is 0.417. The van der Waals surface area contributed by atoms with Gasteiger partial charge in [0.1, 0.15) is 5.75 Å². The van der Waals surface area contributed by atoms with Crippen molar-refractivity contribution in [3.63, 3.8) is 0 Å². The fourth-order valence-corrected chi connectivity index (χ4v) is 2.69. The summed E-state index contributed by atoms with van der Waals surface area (Å²) in [7, 11) is 0. The molecule has 6 heteroatoms. The molecule has 3 N–H and O–H groups in total. The molecule has 30 heavy (non-hydrogen) atoms. The third-order valence-corrected chi connectivity index (χ3v) is 4.50. The minimum atomic E-state index is -0.165. The molecule has 0 saturated carbocycles. The van der Waals surface area contributed by atoms with Crippen molar-refractivity contribution in [3.8, 4) is 5.75 Å². The number of rotatable bonds is 12. The Morgan fingerprint density at radius 3 is 2.50 bits per heavy atom. The summed E-state index contributed by atoms with van der Waals surface area (Å²) in [6.07, 6.45) is 2.99. The van der Waals surface area contributed by atoms with Gasteiger partial charge in [-0.2, -0.15) is 0 Å². The predicted molar refractivity (Wildman–Crippen MR) is 122 cm³/mol. The van der Waals surface area contributed by atoms with Crippen LogP contribution in [-0.2, 0) is 4.79 Å². The van der Waals surface area contributed by atoms with Crippen LogP contribution in [0.1, 0.15) is 50.4 Å². The quantitative estimate of drug-likeness (QED) is 0.443. The number of nitrogens with one attached hydrogen (secondary N) is 3. The van der Waals surface area contributed by atoms with Crippen LogP contribution in [0.2, 0.25) is 0 Å². The largest absolute Gasteiger partial charge is 0.494 e. The van der Waals surface area contributed by atoms with Crippen LogP contribution in [0.3, 0.4) is 0 Å². The first-order chi connectivity index (χ1) is 14.5. The lowest BCUT2D eigenvalue weighted by Gasteiger charge is -2.11. The number of ether oxygens (including phenoxy) is 1. The van der Waals surface area contributed by atoms with Gasteiger partial charge in [-0.3, -0.25) is 9.59 Å². The molecule has 2 rings (SSSR count). The molecule has 0 unspecified atom stereocenters. The Balaban J connectivity index is 1.79. The molecule has 0 atom stereocenters. The molecule has 0 aliphatic heterocycles. The Hall–Kier alpha value is -3.02. The normalized spacial score (nSPS) is 10.5. The zero-order chi connectivity index (χ0) is 21.8. The van der Waals surface area contributed by atoms with Gasteiger partial charge in [-0.1, -0.05) is 33.3 Å². The lowest BCUT2D eigenvalue weighted by atomic mass is 10.1. The van der Waals surface area contributed by atoms with Crippen LogP contribution in [0.25, 0.3) is 0 Å². The summed E-state index contributed by atoms with van der Waals surface area (Å²) >= 11 is 0. The molecule has 0 heterocycles. The minimum Gasteiger partial charge on any atom is -0.494 e. The number of hydrogen-bond acceptors (Lipinski definition) is 4. The van der Waals surface area contributed by atoms with E-state index in [2.05, 4.69) is 36.7 Å². The maximum atomic E-state index is 12.2. The van der Waals surface area contributed by atoms with Crippen LogP contribution in [0.4, 0.5) is 11.4 Å². The van der Waals surface area contributed by atoms with E-state index in [0.717, 1.165) is 30.7 Å². The fourth-order valence-electron chi connectivity index (χ4n) is 2.69. The number of unbranched alkanes of at least 4 members (excludes halogenated alkanes) is 1. The summed E-state index contributed by atoms with van der Waals surface area (Å²) in [6.45, 7) is 7.86. The summed E-state index contributed by atoms with van der Waals surface area (Å²) in [4.78, 5) is 24.4. The summed E-state index contributed by atoms with van der Waals surface area (Å²) in [6, 6.07) is 14.5. The molecule has 0 radical (unpaired) electrons. The van der Waals surface area contributed by atoms with Crippen molar-refractivity contribution in [1.29, 1.82) is 0 Å². The molecule has 0 aliphatic carbocycles. The molecule has 0 bridgehead atoms. The second-order valence-electron chi connectivity index (χ2n) is 7.65. The van der Waals surface area contributed by atoms with Crippen molar-refractivity contribution in [2.24, 2.45) is 5.92 Å². The molecule has 162 valence electrons. The zero-order valence-corrected chi connectivity index (χ0v) is 18.2. The Kier molecular flexibility index (Phi) is 9.71. The van der Waals surface area contributed by atoms with Gasteiger partial charge in [-0.05, 0) is 61.2 Å². The number of anilines is 2. The van der Waals surface area contributed by atoms with E-state index >= 15 is 0 Å². The van der Waals surface area contributed by atoms with Gasteiger partial charge in [0.25, 0.3) is 5.91 Å². The second-order valence-corrected chi connectivity index (χ2v) is 7.65. The van der Waals surface area contributed by atoms with Gasteiger partial charge in [0.05, 0.1) is 13.2 Å². The minimum absolute atomic E-state index is 0.104. The molecular formula is C24H33N3O3. The lowest BCUT2D eigenvalue weighted by Crippen LogP contribution is -2.25. The van der Waals surface area contributed by atoms with Gasteiger partial charge in [0.15, 0.2) is 0 Å². The maximum Gasteiger partial charge on any atom is 0.251 e. The van der Waals surface area contributed by atoms with Crippen LogP contribution in [-0.4, -0.2) is 31.5 Å². The Morgan fingerprint density at radius 1 is 1.03 bits per heavy atom. The molecule has 0 saturated heterocycles. The molecule has 0 spiro atoms. The Labute approximate surface area is 179 Å². The third kappa shape index (κ3) is 8.55. The van der Waals surface area contributed by atoms with Gasteiger partial charge >= 0.3 is 0 Å². The summed E-state index contributed by atoms with van der Waals surface area (Å²) < 4.78 is 5.69. The topological polar surface area (TPSA) is 79.5 Å². The summed E-state index contributed by atoms with van der Waals surface area (Å²) in [5.41, 5.74) is 2.01. The van der Waals surface area contributed by atoms with Crippen LogP contribution in [0, 0.1) is 5.92 Å². The molecule has 0 aromatic heterocycles.